The molecule has 2 unspecified atom stereocenters. The second kappa shape index (κ2) is 8.70. The largest absolute Gasteiger partial charge is 0.489 e. The van der Waals surface area contributed by atoms with E-state index in [1.54, 1.807) is 0 Å². The van der Waals surface area contributed by atoms with Crippen molar-refractivity contribution in [1.82, 2.24) is 10.2 Å². The number of fused-ring (bicyclic) bond motifs is 1. The van der Waals surface area contributed by atoms with Gasteiger partial charge in [0.15, 0.2) is 0 Å². The predicted molar refractivity (Wildman–Crippen MR) is 104 cm³/mol. The summed E-state index contributed by atoms with van der Waals surface area (Å²) in [5.41, 5.74) is 2.58. The van der Waals surface area contributed by atoms with E-state index < -0.39 is 0 Å². The maximum absolute atomic E-state index is 5.87. The third-order valence-corrected chi connectivity index (χ3v) is 5.37. The number of nitrogens with zero attached hydrogens (tertiary/aromatic N) is 1. The highest BCUT2D eigenvalue weighted by atomic mass is 35.5. The van der Waals surface area contributed by atoms with E-state index in [-0.39, 0.29) is 12.4 Å². The van der Waals surface area contributed by atoms with Crippen LogP contribution in [0.3, 0.4) is 0 Å². The van der Waals surface area contributed by atoms with Crippen LogP contribution in [0.25, 0.3) is 0 Å². The Balaban J connectivity index is 0.00000182. The first kappa shape index (κ1) is 18.2. The van der Waals surface area contributed by atoms with Crippen LogP contribution >= 0.6 is 12.4 Å². The first-order chi connectivity index (χ1) is 11.9. The summed E-state index contributed by atoms with van der Waals surface area (Å²) in [7, 11) is 0. The van der Waals surface area contributed by atoms with Gasteiger partial charge in [0.2, 0.25) is 0 Å². The van der Waals surface area contributed by atoms with E-state index in [9.17, 15) is 0 Å². The fourth-order valence-corrected chi connectivity index (χ4v) is 3.94. The summed E-state index contributed by atoms with van der Waals surface area (Å²) in [5.74, 6) is 2.71. The number of benzene rings is 2. The van der Waals surface area contributed by atoms with Gasteiger partial charge in [0, 0.05) is 13.1 Å². The van der Waals surface area contributed by atoms with Gasteiger partial charge in [-0.3, -0.25) is 4.90 Å². The van der Waals surface area contributed by atoms with Gasteiger partial charge in [0.1, 0.15) is 12.4 Å². The fourth-order valence-electron chi connectivity index (χ4n) is 3.94. The lowest BCUT2D eigenvalue weighted by molar-refractivity contribution is 0.142. The molecule has 134 valence electrons. The van der Waals surface area contributed by atoms with Crippen LogP contribution in [0.1, 0.15) is 17.5 Å². The molecule has 2 aliphatic heterocycles. The number of nitrogens with one attached hydrogen (secondary N) is 1. The van der Waals surface area contributed by atoms with Crippen LogP contribution < -0.4 is 10.1 Å². The molecule has 2 saturated heterocycles. The Morgan fingerprint density at radius 1 is 0.920 bits per heavy atom. The second-order valence-corrected chi connectivity index (χ2v) is 7.12. The number of hydrogen-bond donors (Lipinski definition) is 1. The van der Waals surface area contributed by atoms with Crippen LogP contribution in [0.15, 0.2) is 54.6 Å². The zero-order valence-electron chi connectivity index (χ0n) is 14.6. The lowest BCUT2D eigenvalue weighted by atomic mass is 9.88. The van der Waals surface area contributed by atoms with Crippen molar-refractivity contribution in [3.63, 3.8) is 0 Å². The number of ether oxygens (including phenoxy) is 1. The number of halogens is 1. The molecule has 2 atom stereocenters. The van der Waals surface area contributed by atoms with E-state index in [1.807, 2.05) is 18.2 Å². The molecule has 1 N–H and O–H groups in total. The molecule has 0 amide bonds. The number of rotatable bonds is 5. The van der Waals surface area contributed by atoms with Crippen molar-refractivity contribution in [1.29, 1.82) is 0 Å². The Bertz CT molecular complexity index is 647. The topological polar surface area (TPSA) is 24.5 Å². The molecule has 3 nitrogen and oxygen atoms in total. The lowest BCUT2D eigenvalue weighted by Gasteiger charge is -2.34. The van der Waals surface area contributed by atoms with Gasteiger partial charge in [0.05, 0.1) is 0 Å². The number of likely N-dealkylation sites (tertiary alicyclic amines) is 1. The van der Waals surface area contributed by atoms with Gasteiger partial charge in [-0.25, -0.2) is 0 Å². The molecule has 2 aliphatic rings. The van der Waals surface area contributed by atoms with Gasteiger partial charge in [-0.1, -0.05) is 42.5 Å². The Morgan fingerprint density at radius 3 is 2.48 bits per heavy atom. The molecule has 2 heterocycles. The molecule has 2 fully saturated rings. The molecular formula is C21H27ClN2O. The van der Waals surface area contributed by atoms with Gasteiger partial charge >= 0.3 is 0 Å². The van der Waals surface area contributed by atoms with Crippen LogP contribution in [0.5, 0.6) is 5.75 Å². The normalized spacial score (nSPS) is 22.9. The van der Waals surface area contributed by atoms with Gasteiger partial charge in [-0.2, -0.15) is 0 Å². The monoisotopic (exact) mass is 358 g/mol. The van der Waals surface area contributed by atoms with E-state index in [1.165, 1.54) is 43.7 Å². The highest BCUT2D eigenvalue weighted by Gasteiger charge is 2.32. The van der Waals surface area contributed by atoms with Gasteiger partial charge < -0.3 is 10.1 Å². The molecule has 4 rings (SSSR count). The summed E-state index contributed by atoms with van der Waals surface area (Å²) in [6, 6.07) is 18.9. The van der Waals surface area contributed by atoms with Crippen LogP contribution in [0, 0.1) is 11.8 Å². The van der Waals surface area contributed by atoms with Gasteiger partial charge in [-0.15, -0.1) is 12.4 Å². The Labute approximate surface area is 156 Å². The number of piperidine rings is 1. The molecular weight excluding hydrogens is 332 g/mol. The minimum atomic E-state index is 0. The van der Waals surface area contributed by atoms with Crippen LogP contribution in [-0.2, 0) is 13.2 Å². The summed E-state index contributed by atoms with van der Waals surface area (Å²) in [6.45, 7) is 6.59. The minimum absolute atomic E-state index is 0. The fraction of sp³-hybridized carbons (Fsp3) is 0.429. The summed E-state index contributed by atoms with van der Waals surface area (Å²) >= 11 is 0. The Morgan fingerprint density at radius 2 is 1.68 bits per heavy atom. The zero-order valence-corrected chi connectivity index (χ0v) is 15.4. The molecule has 0 aliphatic carbocycles. The van der Waals surface area contributed by atoms with E-state index in [0.29, 0.717) is 6.61 Å². The zero-order chi connectivity index (χ0) is 16.2. The molecule has 0 spiro atoms. The first-order valence-electron chi connectivity index (χ1n) is 9.05. The lowest BCUT2D eigenvalue weighted by Crippen LogP contribution is -2.39. The van der Waals surface area contributed by atoms with E-state index in [4.69, 9.17) is 4.74 Å². The van der Waals surface area contributed by atoms with Gasteiger partial charge in [0.25, 0.3) is 0 Å². The average molecular weight is 359 g/mol. The third-order valence-electron chi connectivity index (χ3n) is 5.37. The summed E-state index contributed by atoms with van der Waals surface area (Å²) in [4.78, 5) is 2.61. The Hall–Kier alpha value is -1.55. The van der Waals surface area contributed by atoms with Crippen LogP contribution in [0.2, 0.25) is 0 Å². The maximum Gasteiger partial charge on any atom is 0.119 e. The van der Waals surface area contributed by atoms with Crippen LogP contribution in [0.4, 0.5) is 0 Å². The smallest absolute Gasteiger partial charge is 0.119 e. The first-order valence-corrected chi connectivity index (χ1v) is 9.05. The second-order valence-electron chi connectivity index (χ2n) is 7.12. The molecule has 0 saturated carbocycles. The standard InChI is InChI=1S/C21H26N2O.ClH/c1-2-4-18(5-3-1)16-24-21-8-6-17(7-9-21)14-23-11-10-19-12-22-13-20(19)15-23;/h1-9,19-20,22H,10-16H2;1H. The van der Waals surface area contributed by atoms with Crippen molar-refractivity contribution in [2.45, 2.75) is 19.6 Å². The maximum atomic E-state index is 5.87. The quantitative estimate of drug-likeness (QED) is 0.881. The summed E-state index contributed by atoms with van der Waals surface area (Å²) < 4.78 is 5.87. The average Bonchev–Trinajstić information content (AvgIpc) is 3.10. The van der Waals surface area contributed by atoms with E-state index >= 15 is 0 Å². The van der Waals surface area contributed by atoms with Crippen molar-refractivity contribution in [3.05, 3.63) is 65.7 Å². The SMILES string of the molecule is Cl.c1ccc(COc2ccc(CN3CCC4CNCC4C3)cc2)cc1. The van der Waals surface area contributed by atoms with Crippen LogP contribution in [-0.4, -0.2) is 31.1 Å². The minimum Gasteiger partial charge on any atom is -0.489 e. The van der Waals surface area contributed by atoms with Gasteiger partial charge in [-0.05, 0) is 61.2 Å². The molecule has 2 aromatic rings. The molecule has 0 radical (unpaired) electrons. The van der Waals surface area contributed by atoms with Crippen molar-refractivity contribution < 1.29 is 4.74 Å². The van der Waals surface area contributed by atoms with Crippen molar-refractivity contribution in [2.75, 3.05) is 26.2 Å². The molecule has 0 bridgehead atoms. The van der Waals surface area contributed by atoms with Crippen molar-refractivity contribution >= 4 is 12.4 Å². The summed E-state index contributed by atoms with van der Waals surface area (Å²) in [6.07, 6.45) is 1.34. The van der Waals surface area contributed by atoms with E-state index in [0.717, 1.165) is 24.1 Å². The summed E-state index contributed by atoms with van der Waals surface area (Å²) in [5, 5.41) is 3.54. The highest BCUT2D eigenvalue weighted by Crippen LogP contribution is 2.27. The molecule has 0 aromatic heterocycles. The third kappa shape index (κ3) is 4.75. The highest BCUT2D eigenvalue weighted by molar-refractivity contribution is 5.85. The predicted octanol–water partition coefficient (Wildman–Crippen LogP) is 3.73. The Kier molecular flexibility index (Phi) is 6.35. The molecule has 2 aromatic carbocycles. The molecule has 4 heteroatoms. The van der Waals surface area contributed by atoms with Crippen molar-refractivity contribution in [3.8, 4) is 5.75 Å². The number of hydrogen-bond acceptors (Lipinski definition) is 3. The van der Waals surface area contributed by atoms with Crippen molar-refractivity contribution in [2.24, 2.45) is 11.8 Å². The molecule has 25 heavy (non-hydrogen) atoms. The van der Waals surface area contributed by atoms with E-state index in [2.05, 4.69) is 46.6 Å².